The Hall–Kier alpha value is -1.83. The number of aliphatic carboxylic acids is 1. The van der Waals surface area contributed by atoms with Gasteiger partial charge in [-0.1, -0.05) is 9.59 Å². The molecule has 8 heteroatoms. The molecule has 0 atom stereocenters. The van der Waals surface area contributed by atoms with Crippen LogP contribution in [0, 0.1) is 0 Å². The van der Waals surface area contributed by atoms with Crippen LogP contribution in [0.25, 0.3) is 0 Å². The Balaban J connectivity index is 2.78. The SMILES string of the molecule is CC(C(=O)O)=C(C)C(=O)Nc1nnns1. The molecule has 15 heavy (non-hydrogen) atoms. The van der Waals surface area contributed by atoms with Gasteiger partial charge in [-0.05, 0) is 19.1 Å². The number of carboxylic acids is 1. The summed E-state index contributed by atoms with van der Waals surface area (Å²) < 4.78 is 3.45. The van der Waals surface area contributed by atoms with Crippen molar-refractivity contribution in [2.24, 2.45) is 0 Å². The predicted octanol–water partition coefficient (Wildman–Crippen LogP) is 0.293. The molecule has 1 aromatic rings. The van der Waals surface area contributed by atoms with E-state index in [0.717, 1.165) is 11.5 Å². The highest BCUT2D eigenvalue weighted by Gasteiger charge is 2.13. The molecule has 0 fully saturated rings. The smallest absolute Gasteiger partial charge is 0.331 e. The molecule has 1 aromatic heterocycles. The first-order valence-electron chi connectivity index (χ1n) is 3.89. The molecule has 0 radical (unpaired) electrons. The normalized spacial score (nSPS) is 11.9. The van der Waals surface area contributed by atoms with Gasteiger partial charge in [0.15, 0.2) is 0 Å². The van der Waals surface area contributed by atoms with Gasteiger partial charge in [-0.15, -0.1) is 0 Å². The van der Waals surface area contributed by atoms with Gasteiger partial charge >= 0.3 is 5.97 Å². The fourth-order valence-corrected chi connectivity index (χ4v) is 1.07. The Morgan fingerprint density at radius 1 is 1.33 bits per heavy atom. The minimum Gasteiger partial charge on any atom is -0.478 e. The van der Waals surface area contributed by atoms with E-state index in [2.05, 4.69) is 20.1 Å². The molecule has 7 nitrogen and oxygen atoms in total. The van der Waals surface area contributed by atoms with Crippen LogP contribution in [0.3, 0.4) is 0 Å². The summed E-state index contributed by atoms with van der Waals surface area (Å²) >= 11 is 0.915. The molecule has 2 N–H and O–H groups in total. The van der Waals surface area contributed by atoms with Crippen molar-refractivity contribution in [2.75, 3.05) is 5.32 Å². The molecular formula is C7H8N4O3S. The van der Waals surface area contributed by atoms with Gasteiger partial charge in [0.2, 0.25) is 5.13 Å². The predicted molar refractivity (Wildman–Crippen MR) is 52.3 cm³/mol. The zero-order valence-corrected chi connectivity index (χ0v) is 8.83. The molecule has 0 aromatic carbocycles. The van der Waals surface area contributed by atoms with Crippen molar-refractivity contribution in [1.82, 2.24) is 14.8 Å². The Bertz CT molecular complexity index is 412. The molecule has 0 aliphatic carbocycles. The van der Waals surface area contributed by atoms with Crippen molar-refractivity contribution in [2.45, 2.75) is 13.8 Å². The van der Waals surface area contributed by atoms with Crippen LogP contribution in [-0.4, -0.2) is 31.8 Å². The number of nitrogens with zero attached hydrogens (tertiary/aromatic N) is 3. The minimum absolute atomic E-state index is 0.00928. The quantitative estimate of drug-likeness (QED) is 0.720. The maximum atomic E-state index is 11.4. The monoisotopic (exact) mass is 228 g/mol. The van der Waals surface area contributed by atoms with Crippen molar-refractivity contribution in [3.63, 3.8) is 0 Å². The van der Waals surface area contributed by atoms with E-state index >= 15 is 0 Å². The summed E-state index contributed by atoms with van der Waals surface area (Å²) in [5, 5.41) is 18.0. The van der Waals surface area contributed by atoms with Crippen LogP contribution in [0.4, 0.5) is 5.13 Å². The average Bonchev–Trinajstić information content (AvgIpc) is 2.67. The number of nitrogens with one attached hydrogen (secondary N) is 1. The Labute approximate surface area is 89.0 Å². The summed E-state index contributed by atoms with van der Waals surface area (Å²) in [6, 6.07) is 0. The number of carbonyl (C=O) groups excluding carboxylic acids is 1. The number of amides is 1. The van der Waals surface area contributed by atoms with Gasteiger partial charge in [0.05, 0.1) is 0 Å². The molecule has 0 bridgehead atoms. The molecular weight excluding hydrogens is 220 g/mol. The topological polar surface area (TPSA) is 105 Å². The second-order valence-electron chi connectivity index (χ2n) is 2.68. The van der Waals surface area contributed by atoms with Gasteiger partial charge < -0.3 is 5.11 Å². The van der Waals surface area contributed by atoms with Crippen LogP contribution in [0.15, 0.2) is 11.1 Å². The number of hydrogen-bond donors (Lipinski definition) is 2. The van der Waals surface area contributed by atoms with E-state index in [-0.39, 0.29) is 16.3 Å². The summed E-state index contributed by atoms with van der Waals surface area (Å²) in [5.41, 5.74) is 0.114. The van der Waals surface area contributed by atoms with Gasteiger partial charge in [-0.2, -0.15) is 0 Å². The zero-order valence-electron chi connectivity index (χ0n) is 8.01. The third-order valence-corrected chi connectivity index (χ3v) is 2.26. The first-order chi connectivity index (χ1) is 7.02. The lowest BCUT2D eigenvalue weighted by Crippen LogP contribution is -2.16. The van der Waals surface area contributed by atoms with Gasteiger partial charge in [-0.25, -0.2) is 4.79 Å². The molecule has 1 rings (SSSR count). The van der Waals surface area contributed by atoms with Crippen molar-refractivity contribution in [1.29, 1.82) is 0 Å². The standard InChI is InChI=1S/C7H8N4O3S/c1-3(4(2)6(13)14)5(12)8-7-9-10-11-15-7/h1-2H3,(H,13,14)(H,8,9,11,12). The van der Waals surface area contributed by atoms with Crippen LogP contribution in [-0.2, 0) is 9.59 Å². The van der Waals surface area contributed by atoms with Gasteiger partial charge in [0, 0.05) is 22.7 Å². The van der Waals surface area contributed by atoms with Crippen LogP contribution < -0.4 is 5.32 Å². The second-order valence-corrected chi connectivity index (χ2v) is 3.41. The summed E-state index contributed by atoms with van der Waals surface area (Å²) in [6.45, 7) is 2.78. The van der Waals surface area contributed by atoms with Crippen LogP contribution in [0.2, 0.25) is 0 Å². The molecule has 0 aliphatic rings. The first-order valence-corrected chi connectivity index (χ1v) is 4.67. The largest absolute Gasteiger partial charge is 0.478 e. The Morgan fingerprint density at radius 2 is 2.00 bits per heavy atom. The van der Waals surface area contributed by atoms with E-state index < -0.39 is 11.9 Å². The number of anilines is 1. The molecule has 0 aliphatic heterocycles. The van der Waals surface area contributed by atoms with E-state index in [4.69, 9.17) is 5.11 Å². The van der Waals surface area contributed by atoms with E-state index in [1.807, 2.05) is 0 Å². The summed E-state index contributed by atoms with van der Waals surface area (Å²) in [5.74, 6) is -1.65. The van der Waals surface area contributed by atoms with Crippen LogP contribution >= 0.6 is 11.5 Å². The second kappa shape index (κ2) is 4.60. The highest BCUT2D eigenvalue weighted by atomic mass is 32.1. The van der Waals surface area contributed by atoms with Crippen LogP contribution in [0.1, 0.15) is 13.8 Å². The van der Waals surface area contributed by atoms with Crippen molar-refractivity contribution >= 4 is 28.5 Å². The minimum atomic E-state index is -1.13. The summed E-state index contributed by atoms with van der Waals surface area (Å²) in [6.07, 6.45) is 0. The third kappa shape index (κ3) is 2.81. The molecule has 0 saturated carbocycles. The molecule has 1 heterocycles. The van der Waals surface area contributed by atoms with E-state index in [9.17, 15) is 9.59 Å². The summed E-state index contributed by atoms with van der Waals surface area (Å²) in [4.78, 5) is 22.0. The van der Waals surface area contributed by atoms with E-state index in [1.54, 1.807) is 0 Å². The number of hydrogen-bond acceptors (Lipinski definition) is 6. The molecule has 0 saturated heterocycles. The first kappa shape index (κ1) is 11.2. The van der Waals surface area contributed by atoms with Crippen molar-refractivity contribution in [3.8, 4) is 0 Å². The lowest BCUT2D eigenvalue weighted by Gasteiger charge is -2.02. The highest BCUT2D eigenvalue weighted by molar-refractivity contribution is 7.09. The maximum absolute atomic E-state index is 11.4. The lowest BCUT2D eigenvalue weighted by atomic mass is 10.1. The van der Waals surface area contributed by atoms with Crippen molar-refractivity contribution in [3.05, 3.63) is 11.1 Å². The molecule has 0 unspecified atom stereocenters. The van der Waals surface area contributed by atoms with Crippen molar-refractivity contribution < 1.29 is 14.7 Å². The summed E-state index contributed by atoms with van der Waals surface area (Å²) in [7, 11) is 0. The van der Waals surface area contributed by atoms with E-state index in [0.29, 0.717) is 0 Å². The maximum Gasteiger partial charge on any atom is 0.331 e. The van der Waals surface area contributed by atoms with Gasteiger partial charge in [0.1, 0.15) is 0 Å². The average molecular weight is 228 g/mol. The Kier molecular flexibility index (Phi) is 3.45. The van der Waals surface area contributed by atoms with Gasteiger partial charge in [0.25, 0.3) is 5.91 Å². The lowest BCUT2D eigenvalue weighted by molar-refractivity contribution is -0.133. The number of aromatic nitrogens is 3. The molecule has 1 amide bonds. The van der Waals surface area contributed by atoms with Crippen LogP contribution in [0.5, 0.6) is 0 Å². The fourth-order valence-electron chi connectivity index (χ4n) is 0.703. The van der Waals surface area contributed by atoms with E-state index in [1.165, 1.54) is 13.8 Å². The fraction of sp³-hybridized carbons (Fsp3) is 0.286. The zero-order chi connectivity index (χ0) is 11.4. The Morgan fingerprint density at radius 3 is 2.47 bits per heavy atom. The molecule has 80 valence electrons. The molecule has 0 spiro atoms. The highest BCUT2D eigenvalue weighted by Crippen LogP contribution is 2.09. The number of rotatable bonds is 3. The number of carbonyl (C=O) groups is 2. The number of carboxylic acid groups (broad SMARTS) is 1. The third-order valence-electron chi connectivity index (χ3n) is 1.74. The van der Waals surface area contributed by atoms with Gasteiger partial charge in [-0.3, -0.25) is 10.1 Å².